The Balaban J connectivity index is 1.73. The van der Waals surface area contributed by atoms with Gasteiger partial charge in [0.1, 0.15) is 5.76 Å². The molecule has 8 heteroatoms. The fraction of sp³-hybridized carbons (Fsp3) is 0.174. The van der Waals surface area contributed by atoms with Crippen molar-refractivity contribution < 1.29 is 14.7 Å². The summed E-state index contributed by atoms with van der Waals surface area (Å²) in [5, 5.41) is 11.5. The molecule has 1 aromatic heterocycles. The molecular formula is C23H19BrClN3O3. The van der Waals surface area contributed by atoms with E-state index >= 15 is 0 Å². The average Bonchev–Trinajstić information content (AvgIpc) is 3.36. The summed E-state index contributed by atoms with van der Waals surface area (Å²) in [6.07, 6.45) is 5.88. The van der Waals surface area contributed by atoms with Crippen LogP contribution in [0, 0.1) is 0 Å². The highest BCUT2D eigenvalue weighted by molar-refractivity contribution is 9.10. The van der Waals surface area contributed by atoms with Crippen LogP contribution in [0.2, 0.25) is 5.02 Å². The van der Waals surface area contributed by atoms with Crippen LogP contribution in [-0.2, 0) is 16.1 Å². The van der Waals surface area contributed by atoms with Gasteiger partial charge in [0.2, 0.25) is 0 Å². The third-order valence-electron chi connectivity index (χ3n) is 5.20. The van der Waals surface area contributed by atoms with Gasteiger partial charge >= 0.3 is 0 Å². The normalized spacial score (nSPS) is 18.0. The lowest BCUT2D eigenvalue weighted by Crippen LogP contribution is -2.31. The number of aryl methyl sites for hydroxylation is 1. The highest BCUT2D eigenvalue weighted by Gasteiger charge is 2.45. The molecule has 2 heterocycles. The Morgan fingerprint density at radius 3 is 2.58 bits per heavy atom. The second kappa shape index (κ2) is 9.08. The van der Waals surface area contributed by atoms with Crippen molar-refractivity contribution >= 4 is 45.0 Å². The van der Waals surface area contributed by atoms with Gasteiger partial charge in [-0.1, -0.05) is 39.7 Å². The SMILES string of the molecule is O=C1C(=O)N(CCCn2ccnc2)[C@H](c2cccc(Br)c2)/C1=C(\O)c1ccc(Cl)cc1. The maximum Gasteiger partial charge on any atom is 0.295 e. The van der Waals surface area contributed by atoms with Gasteiger partial charge in [-0.05, 0) is 48.4 Å². The fourth-order valence-corrected chi connectivity index (χ4v) is 4.28. The molecule has 158 valence electrons. The Labute approximate surface area is 192 Å². The van der Waals surface area contributed by atoms with Crippen LogP contribution < -0.4 is 0 Å². The zero-order valence-electron chi connectivity index (χ0n) is 16.4. The highest BCUT2D eigenvalue weighted by Crippen LogP contribution is 2.40. The molecule has 0 aliphatic carbocycles. The summed E-state index contributed by atoms with van der Waals surface area (Å²) in [6, 6.07) is 13.2. The van der Waals surface area contributed by atoms with Gasteiger partial charge in [0.15, 0.2) is 0 Å². The summed E-state index contributed by atoms with van der Waals surface area (Å²) in [6.45, 7) is 1.02. The van der Waals surface area contributed by atoms with Crippen LogP contribution in [0.3, 0.4) is 0 Å². The van der Waals surface area contributed by atoms with Crippen molar-refractivity contribution in [3.05, 3.63) is 93.4 Å². The van der Waals surface area contributed by atoms with Crippen molar-refractivity contribution in [2.24, 2.45) is 0 Å². The molecular weight excluding hydrogens is 482 g/mol. The molecule has 1 amide bonds. The first-order valence-electron chi connectivity index (χ1n) is 9.71. The van der Waals surface area contributed by atoms with Crippen molar-refractivity contribution in [2.75, 3.05) is 6.54 Å². The first-order valence-corrected chi connectivity index (χ1v) is 10.9. The van der Waals surface area contributed by atoms with E-state index in [9.17, 15) is 14.7 Å². The van der Waals surface area contributed by atoms with Crippen molar-refractivity contribution in [1.29, 1.82) is 0 Å². The predicted molar refractivity (Wildman–Crippen MR) is 121 cm³/mol. The maximum atomic E-state index is 13.0. The number of likely N-dealkylation sites (tertiary alicyclic amines) is 1. The molecule has 6 nitrogen and oxygen atoms in total. The zero-order chi connectivity index (χ0) is 22.0. The summed E-state index contributed by atoms with van der Waals surface area (Å²) in [7, 11) is 0. The number of carbonyl (C=O) groups excluding carboxylic acids is 2. The summed E-state index contributed by atoms with van der Waals surface area (Å²) < 4.78 is 2.73. The zero-order valence-corrected chi connectivity index (χ0v) is 18.8. The minimum Gasteiger partial charge on any atom is -0.507 e. The first kappa shape index (κ1) is 21.3. The molecule has 0 saturated carbocycles. The van der Waals surface area contributed by atoms with Crippen LogP contribution >= 0.6 is 27.5 Å². The molecule has 1 aliphatic rings. The minimum atomic E-state index is -0.694. The van der Waals surface area contributed by atoms with E-state index in [0.29, 0.717) is 30.1 Å². The van der Waals surface area contributed by atoms with Gasteiger partial charge in [-0.25, -0.2) is 4.98 Å². The van der Waals surface area contributed by atoms with Crippen molar-refractivity contribution in [1.82, 2.24) is 14.5 Å². The van der Waals surface area contributed by atoms with Gasteiger partial charge in [0.05, 0.1) is 17.9 Å². The molecule has 1 saturated heterocycles. The Bertz CT molecular complexity index is 1140. The number of Topliss-reactive ketones (excluding diaryl/α,β-unsaturated/α-hetero) is 1. The number of amides is 1. The number of aromatic nitrogens is 2. The van der Waals surface area contributed by atoms with Crippen molar-refractivity contribution in [3.63, 3.8) is 0 Å². The summed E-state index contributed by atoms with van der Waals surface area (Å²) in [5.41, 5.74) is 1.25. The van der Waals surface area contributed by atoms with Gasteiger partial charge in [0.25, 0.3) is 11.7 Å². The van der Waals surface area contributed by atoms with E-state index in [-0.39, 0.29) is 11.3 Å². The number of ketones is 1. The third-order valence-corrected chi connectivity index (χ3v) is 5.94. The molecule has 1 atom stereocenters. The minimum absolute atomic E-state index is 0.0769. The van der Waals surface area contributed by atoms with Gasteiger partial charge in [0, 0.05) is 40.5 Å². The van der Waals surface area contributed by atoms with Crippen LogP contribution in [-0.4, -0.2) is 37.8 Å². The molecule has 0 bridgehead atoms. The summed E-state index contributed by atoms with van der Waals surface area (Å²) in [4.78, 5) is 31.5. The Kier molecular flexibility index (Phi) is 6.25. The quantitative estimate of drug-likeness (QED) is 0.299. The second-order valence-electron chi connectivity index (χ2n) is 7.21. The van der Waals surface area contributed by atoms with E-state index in [1.54, 1.807) is 36.8 Å². The van der Waals surface area contributed by atoms with E-state index < -0.39 is 17.7 Å². The maximum absolute atomic E-state index is 13.0. The molecule has 1 fully saturated rings. The Hall–Kier alpha value is -2.90. The number of nitrogens with zero attached hydrogens (tertiary/aromatic N) is 3. The summed E-state index contributed by atoms with van der Waals surface area (Å²) in [5.74, 6) is -1.52. The van der Waals surface area contributed by atoms with E-state index in [1.807, 2.05) is 35.0 Å². The lowest BCUT2D eigenvalue weighted by molar-refractivity contribution is -0.139. The average molecular weight is 501 g/mol. The fourth-order valence-electron chi connectivity index (χ4n) is 3.74. The van der Waals surface area contributed by atoms with E-state index in [1.165, 1.54) is 4.90 Å². The lowest BCUT2D eigenvalue weighted by atomic mass is 9.95. The molecule has 0 unspecified atom stereocenters. The number of carbonyl (C=O) groups is 2. The molecule has 3 aromatic rings. The van der Waals surface area contributed by atoms with Crippen LogP contribution in [0.25, 0.3) is 5.76 Å². The first-order chi connectivity index (χ1) is 15.0. The van der Waals surface area contributed by atoms with Crippen molar-refractivity contribution in [3.8, 4) is 0 Å². The predicted octanol–water partition coefficient (Wildman–Crippen LogP) is 4.81. The summed E-state index contributed by atoms with van der Waals surface area (Å²) >= 11 is 9.41. The van der Waals surface area contributed by atoms with Gasteiger partial charge < -0.3 is 14.6 Å². The Morgan fingerprint density at radius 2 is 1.90 bits per heavy atom. The van der Waals surface area contributed by atoms with E-state index in [2.05, 4.69) is 20.9 Å². The number of benzene rings is 2. The largest absolute Gasteiger partial charge is 0.507 e. The topological polar surface area (TPSA) is 75.4 Å². The van der Waals surface area contributed by atoms with Crippen LogP contribution in [0.4, 0.5) is 0 Å². The molecule has 1 aliphatic heterocycles. The number of aliphatic hydroxyl groups is 1. The molecule has 1 N–H and O–H groups in total. The van der Waals surface area contributed by atoms with Crippen LogP contribution in [0.15, 0.2) is 77.3 Å². The van der Waals surface area contributed by atoms with E-state index in [0.717, 1.165) is 10.0 Å². The molecule has 0 radical (unpaired) electrons. The number of imidazole rings is 1. The van der Waals surface area contributed by atoms with Gasteiger partial charge in [-0.15, -0.1) is 0 Å². The van der Waals surface area contributed by atoms with Gasteiger partial charge in [-0.2, -0.15) is 0 Å². The van der Waals surface area contributed by atoms with E-state index in [4.69, 9.17) is 11.6 Å². The van der Waals surface area contributed by atoms with Crippen LogP contribution in [0.1, 0.15) is 23.6 Å². The smallest absolute Gasteiger partial charge is 0.295 e. The van der Waals surface area contributed by atoms with Crippen LogP contribution in [0.5, 0.6) is 0 Å². The lowest BCUT2D eigenvalue weighted by Gasteiger charge is -2.25. The highest BCUT2D eigenvalue weighted by atomic mass is 79.9. The molecule has 2 aromatic carbocycles. The monoisotopic (exact) mass is 499 g/mol. The third kappa shape index (κ3) is 4.43. The second-order valence-corrected chi connectivity index (χ2v) is 8.56. The number of hydrogen-bond donors (Lipinski definition) is 1. The standard InChI is InChI=1S/C23H19BrClN3O3/c24-17-4-1-3-16(13-17)20-19(21(29)15-5-7-18(25)8-6-15)22(30)23(31)28(20)11-2-10-27-12-9-26-14-27/h1,3-9,12-14,20,29H,2,10-11H2/b21-19+/t20-/m1/s1. The molecule has 31 heavy (non-hydrogen) atoms. The van der Waals surface area contributed by atoms with Gasteiger partial charge in [-0.3, -0.25) is 9.59 Å². The molecule has 0 spiro atoms. The molecule has 4 rings (SSSR count). The number of halogens is 2. The number of rotatable bonds is 6. The number of hydrogen-bond acceptors (Lipinski definition) is 4. The number of aliphatic hydroxyl groups excluding tert-OH is 1. The van der Waals surface area contributed by atoms with Crippen molar-refractivity contribution in [2.45, 2.75) is 19.0 Å². The Morgan fingerprint density at radius 1 is 1.13 bits per heavy atom.